The Morgan fingerprint density at radius 1 is 1.20 bits per heavy atom. The molecule has 0 fully saturated rings. The summed E-state index contributed by atoms with van der Waals surface area (Å²) in [6.07, 6.45) is 7.10. The highest BCUT2D eigenvalue weighted by molar-refractivity contribution is 7.89. The van der Waals surface area contributed by atoms with Crippen LogP contribution < -0.4 is 4.72 Å². The summed E-state index contributed by atoms with van der Waals surface area (Å²) in [7, 11) is -3.38. The molecule has 0 unspecified atom stereocenters. The topological polar surface area (TPSA) is 64.0 Å². The molecule has 0 spiro atoms. The molecular formula is C14H19N3O2S. The number of unbranched alkanes of at least 4 members (excludes halogenated alkanes) is 1. The van der Waals surface area contributed by atoms with Crippen molar-refractivity contribution in [2.75, 3.05) is 6.54 Å². The zero-order chi connectivity index (χ0) is 14.4. The molecule has 0 atom stereocenters. The first-order valence-corrected chi connectivity index (χ1v) is 8.08. The number of aromatic nitrogens is 2. The van der Waals surface area contributed by atoms with Gasteiger partial charge >= 0.3 is 0 Å². The molecule has 5 nitrogen and oxygen atoms in total. The zero-order valence-corrected chi connectivity index (χ0v) is 12.3. The van der Waals surface area contributed by atoms with Crippen LogP contribution in [0.2, 0.25) is 0 Å². The molecule has 0 aliphatic heterocycles. The van der Waals surface area contributed by atoms with E-state index in [9.17, 15) is 8.42 Å². The van der Waals surface area contributed by atoms with Gasteiger partial charge in [0.05, 0.1) is 11.2 Å². The Kier molecular flexibility index (Phi) is 4.92. The summed E-state index contributed by atoms with van der Waals surface area (Å²) in [6, 6.07) is 6.85. The first-order valence-electron chi connectivity index (χ1n) is 6.60. The van der Waals surface area contributed by atoms with Crippen LogP contribution in [0.3, 0.4) is 0 Å². The van der Waals surface area contributed by atoms with E-state index in [1.54, 1.807) is 36.8 Å². The van der Waals surface area contributed by atoms with Crippen molar-refractivity contribution in [2.45, 2.75) is 31.2 Å². The predicted molar refractivity (Wildman–Crippen MR) is 77.8 cm³/mol. The minimum absolute atomic E-state index is 0.317. The Labute approximate surface area is 119 Å². The predicted octanol–water partition coefficient (Wildman–Crippen LogP) is 1.95. The molecule has 2 aromatic rings. The van der Waals surface area contributed by atoms with E-state index in [4.69, 9.17) is 0 Å². The van der Waals surface area contributed by atoms with Crippen LogP contribution in [0.25, 0.3) is 0 Å². The molecule has 1 aromatic carbocycles. The average Bonchev–Trinajstić information content (AvgIpc) is 2.92. The number of nitrogens with one attached hydrogen (secondary N) is 1. The van der Waals surface area contributed by atoms with Gasteiger partial charge in [0.15, 0.2) is 0 Å². The van der Waals surface area contributed by atoms with Gasteiger partial charge in [0.25, 0.3) is 0 Å². The highest BCUT2D eigenvalue weighted by atomic mass is 32.2. The molecule has 0 amide bonds. The Hall–Kier alpha value is -1.66. The van der Waals surface area contributed by atoms with Crippen molar-refractivity contribution in [3.8, 4) is 0 Å². The van der Waals surface area contributed by atoms with Gasteiger partial charge in [-0.1, -0.05) is 17.7 Å². The first kappa shape index (κ1) is 14.7. The highest BCUT2D eigenvalue weighted by Gasteiger charge is 2.12. The molecule has 0 aliphatic carbocycles. The molecule has 1 N–H and O–H groups in total. The number of aryl methyl sites for hydroxylation is 2. The van der Waals surface area contributed by atoms with E-state index >= 15 is 0 Å². The van der Waals surface area contributed by atoms with Gasteiger partial charge in [-0.3, -0.25) is 0 Å². The Morgan fingerprint density at radius 2 is 1.95 bits per heavy atom. The number of hydrogen-bond donors (Lipinski definition) is 1. The van der Waals surface area contributed by atoms with E-state index in [2.05, 4.69) is 9.71 Å². The average molecular weight is 293 g/mol. The van der Waals surface area contributed by atoms with Gasteiger partial charge in [-0.25, -0.2) is 18.1 Å². The van der Waals surface area contributed by atoms with E-state index in [-0.39, 0.29) is 0 Å². The molecule has 1 heterocycles. The van der Waals surface area contributed by atoms with Crippen LogP contribution in [-0.2, 0) is 16.6 Å². The van der Waals surface area contributed by atoms with Crippen LogP contribution in [0, 0.1) is 6.92 Å². The number of imidazole rings is 1. The molecule has 1 aromatic heterocycles. The molecule has 108 valence electrons. The summed E-state index contributed by atoms with van der Waals surface area (Å²) in [6.45, 7) is 3.23. The van der Waals surface area contributed by atoms with Gasteiger partial charge in [0, 0.05) is 25.5 Å². The number of sulfonamides is 1. The summed E-state index contributed by atoms with van der Waals surface area (Å²) in [5.41, 5.74) is 1.05. The van der Waals surface area contributed by atoms with E-state index < -0.39 is 10.0 Å². The largest absolute Gasteiger partial charge is 0.337 e. The Bertz CT molecular complexity index is 619. The summed E-state index contributed by atoms with van der Waals surface area (Å²) in [5, 5.41) is 0. The number of benzene rings is 1. The fourth-order valence-corrected chi connectivity index (χ4v) is 2.92. The molecule has 0 saturated carbocycles. The monoisotopic (exact) mass is 293 g/mol. The minimum Gasteiger partial charge on any atom is -0.337 e. The molecule has 0 saturated heterocycles. The standard InChI is InChI=1S/C14H19N3O2S/c1-13-4-6-14(7-5-13)20(18,19)16-8-2-3-10-17-11-9-15-12-17/h4-7,9,11-12,16H,2-3,8,10H2,1H3. The summed E-state index contributed by atoms with van der Waals surface area (Å²) in [5.74, 6) is 0. The smallest absolute Gasteiger partial charge is 0.240 e. The fraction of sp³-hybridized carbons (Fsp3) is 0.357. The summed E-state index contributed by atoms with van der Waals surface area (Å²) < 4.78 is 28.6. The van der Waals surface area contributed by atoms with Gasteiger partial charge in [-0.15, -0.1) is 0 Å². The second-order valence-electron chi connectivity index (χ2n) is 4.72. The van der Waals surface area contributed by atoms with Gasteiger partial charge in [-0.2, -0.15) is 0 Å². The lowest BCUT2D eigenvalue weighted by Crippen LogP contribution is -2.24. The quantitative estimate of drug-likeness (QED) is 0.794. The van der Waals surface area contributed by atoms with Gasteiger partial charge in [0.1, 0.15) is 0 Å². The number of nitrogens with zero attached hydrogens (tertiary/aromatic N) is 2. The lowest BCUT2D eigenvalue weighted by Gasteiger charge is -2.07. The van der Waals surface area contributed by atoms with E-state index in [0.717, 1.165) is 24.9 Å². The molecule has 6 heteroatoms. The Morgan fingerprint density at radius 3 is 2.60 bits per heavy atom. The molecular weight excluding hydrogens is 274 g/mol. The van der Waals surface area contributed by atoms with Crippen LogP contribution >= 0.6 is 0 Å². The van der Waals surface area contributed by atoms with Crippen molar-refractivity contribution in [3.05, 3.63) is 48.5 Å². The van der Waals surface area contributed by atoms with Crippen LogP contribution in [0.4, 0.5) is 0 Å². The molecule has 0 aliphatic rings. The minimum atomic E-state index is -3.38. The van der Waals surface area contributed by atoms with Crippen molar-refractivity contribution in [2.24, 2.45) is 0 Å². The fourth-order valence-electron chi connectivity index (χ4n) is 1.85. The van der Waals surface area contributed by atoms with Crippen LogP contribution in [0.5, 0.6) is 0 Å². The normalized spacial score (nSPS) is 11.7. The maximum absolute atomic E-state index is 12.0. The molecule has 0 radical (unpaired) electrons. The first-order chi connectivity index (χ1) is 9.58. The SMILES string of the molecule is Cc1ccc(S(=O)(=O)NCCCCn2ccnc2)cc1. The van der Waals surface area contributed by atoms with E-state index in [1.165, 1.54) is 0 Å². The van der Waals surface area contributed by atoms with E-state index in [1.807, 2.05) is 17.7 Å². The maximum Gasteiger partial charge on any atom is 0.240 e. The van der Waals surface area contributed by atoms with Crippen molar-refractivity contribution in [3.63, 3.8) is 0 Å². The molecule has 20 heavy (non-hydrogen) atoms. The van der Waals surface area contributed by atoms with Gasteiger partial charge in [-0.05, 0) is 31.9 Å². The number of hydrogen-bond acceptors (Lipinski definition) is 3. The van der Waals surface area contributed by atoms with Crippen LogP contribution in [-0.4, -0.2) is 24.5 Å². The van der Waals surface area contributed by atoms with Crippen molar-refractivity contribution >= 4 is 10.0 Å². The number of rotatable bonds is 7. The Balaban J connectivity index is 1.76. The van der Waals surface area contributed by atoms with Crippen molar-refractivity contribution < 1.29 is 8.42 Å². The third-order valence-corrected chi connectivity index (χ3v) is 4.50. The zero-order valence-electron chi connectivity index (χ0n) is 11.5. The third-order valence-electron chi connectivity index (χ3n) is 3.03. The lowest BCUT2D eigenvalue weighted by atomic mass is 10.2. The van der Waals surface area contributed by atoms with Gasteiger partial charge < -0.3 is 4.57 Å². The second kappa shape index (κ2) is 6.67. The second-order valence-corrected chi connectivity index (χ2v) is 6.49. The van der Waals surface area contributed by atoms with Crippen molar-refractivity contribution in [1.29, 1.82) is 0 Å². The molecule has 0 bridgehead atoms. The van der Waals surface area contributed by atoms with E-state index in [0.29, 0.717) is 11.4 Å². The third kappa shape index (κ3) is 4.18. The van der Waals surface area contributed by atoms with Gasteiger partial charge in [0.2, 0.25) is 10.0 Å². The van der Waals surface area contributed by atoms with Crippen LogP contribution in [0.1, 0.15) is 18.4 Å². The summed E-state index contributed by atoms with van der Waals surface area (Å²) in [4.78, 5) is 4.28. The summed E-state index contributed by atoms with van der Waals surface area (Å²) >= 11 is 0. The van der Waals surface area contributed by atoms with Crippen molar-refractivity contribution in [1.82, 2.24) is 14.3 Å². The van der Waals surface area contributed by atoms with Crippen LogP contribution in [0.15, 0.2) is 47.9 Å². The molecule has 2 rings (SSSR count). The highest BCUT2D eigenvalue weighted by Crippen LogP contribution is 2.09. The maximum atomic E-state index is 12.0. The lowest BCUT2D eigenvalue weighted by molar-refractivity contribution is 0.566.